The highest BCUT2D eigenvalue weighted by Crippen LogP contribution is 2.35. The van der Waals surface area contributed by atoms with Crippen molar-refractivity contribution in [2.45, 2.75) is 254 Å². The van der Waals surface area contributed by atoms with E-state index in [9.17, 15) is 43.8 Å². The van der Waals surface area contributed by atoms with Gasteiger partial charge in [0.15, 0.2) is 6.29 Å². The van der Waals surface area contributed by atoms with E-state index in [-0.39, 0.29) is 12.8 Å². The molecule has 334 valence electrons. The van der Waals surface area contributed by atoms with Crippen molar-refractivity contribution in [2.24, 2.45) is 5.92 Å². The number of hydrogen-bond donors (Lipinski definition) is 7. The molecule has 0 saturated carbocycles. The Balaban J connectivity index is 1.83. The highest BCUT2D eigenvalue weighted by Gasteiger charge is 2.46. The van der Waals surface area contributed by atoms with Crippen LogP contribution in [0.4, 0.5) is 13.2 Å². The molecule has 2 aliphatic heterocycles. The number of rotatable bonds is 32. The Morgan fingerprint density at radius 1 is 0.696 bits per heavy atom. The van der Waals surface area contributed by atoms with Gasteiger partial charge in [0.05, 0.1) is 31.5 Å². The molecule has 0 bridgehead atoms. The van der Waals surface area contributed by atoms with Crippen molar-refractivity contribution >= 4 is 8.07 Å². The number of unbranched alkanes of at least 4 members (excludes halogenated alkanes) is 18. The maximum Gasteiger partial charge on any atom is 0.403 e. The second-order valence-corrected chi connectivity index (χ2v) is 23.5. The van der Waals surface area contributed by atoms with Crippen LogP contribution in [-0.2, 0) is 9.47 Å². The van der Waals surface area contributed by atoms with Gasteiger partial charge < -0.3 is 40.1 Å². The minimum atomic E-state index is -4.63. The van der Waals surface area contributed by atoms with Crippen molar-refractivity contribution in [1.29, 1.82) is 0 Å². The van der Waals surface area contributed by atoms with E-state index in [1.54, 1.807) is 0 Å². The fraction of sp³-hybridized carbons (Fsp3) is 1.00. The van der Waals surface area contributed by atoms with Gasteiger partial charge in [-0.1, -0.05) is 180 Å². The van der Waals surface area contributed by atoms with Gasteiger partial charge in [0.2, 0.25) is 0 Å². The average molecular weight is 828 g/mol. The van der Waals surface area contributed by atoms with Crippen LogP contribution in [0.5, 0.6) is 0 Å². The number of alkyl halides is 3. The molecule has 0 aromatic rings. The van der Waals surface area contributed by atoms with E-state index in [0.717, 1.165) is 57.3 Å². The Bertz CT molecular complexity index is 957. The van der Waals surface area contributed by atoms with Gasteiger partial charge in [-0.2, -0.15) is 13.2 Å². The Morgan fingerprint density at radius 3 is 1.68 bits per heavy atom. The van der Waals surface area contributed by atoms with E-state index in [0.29, 0.717) is 19.3 Å². The fourth-order valence-corrected chi connectivity index (χ4v) is 11.1. The Labute approximate surface area is 338 Å². The smallest absolute Gasteiger partial charge is 0.394 e. The van der Waals surface area contributed by atoms with Crippen LogP contribution >= 0.6 is 0 Å². The fourth-order valence-electron chi connectivity index (χ4n) is 8.47. The number of ether oxygens (including phenoxy) is 2. The molecule has 2 fully saturated rings. The molecule has 0 amide bonds. The van der Waals surface area contributed by atoms with E-state index >= 15 is 0 Å². The number of aliphatic hydroxyl groups is 6. The van der Waals surface area contributed by atoms with Gasteiger partial charge in [-0.25, -0.2) is 0 Å². The van der Waals surface area contributed by atoms with Crippen LogP contribution in [0.1, 0.15) is 167 Å². The molecule has 0 aromatic heterocycles. The summed E-state index contributed by atoms with van der Waals surface area (Å²) in [5.41, 5.74) is 0. The molecular weight excluding hydrogens is 744 g/mol. The third kappa shape index (κ3) is 21.3. The van der Waals surface area contributed by atoms with Crippen molar-refractivity contribution in [1.82, 2.24) is 5.32 Å². The molecule has 0 aliphatic carbocycles. The van der Waals surface area contributed by atoms with E-state index in [1.807, 2.05) is 0 Å². The van der Waals surface area contributed by atoms with Crippen LogP contribution in [-0.4, -0.2) is 113 Å². The summed E-state index contributed by atoms with van der Waals surface area (Å²) in [6.45, 7) is 5.94. The van der Waals surface area contributed by atoms with Gasteiger partial charge >= 0.3 is 6.18 Å². The molecule has 2 heterocycles. The molecule has 9 nitrogen and oxygen atoms in total. The molecule has 56 heavy (non-hydrogen) atoms. The lowest BCUT2D eigenvalue weighted by Crippen LogP contribution is -2.61. The van der Waals surface area contributed by atoms with Gasteiger partial charge in [-0.05, 0) is 18.8 Å². The summed E-state index contributed by atoms with van der Waals surface area (Å²) in [6.07, 6.45) is 9.74. The predicted octanol–water partition coefficient (Wildman–Crippen LogP) is 8.52. The van der Waals surface area contributed by atoms with Crippen LogP contribution in [0.15, 0.2) is 0 Å². The molecule has 9 atom stereocenters. The number of nitrogens with one attached hydrogen (secondary N) is 1. The van der Waals surface area contributed by atoms with Crippen LogP contribution in [0.3, 0.4) is 0 Å². The van der Waals surface area contributed by atoms with E-state index < -0.39 is 82.5 Å². The maximum atomic E-state index is 14.4. The summed E-state index contributed by atoms with van der Waals surface area (Å²) < 4.78 is 54.1. The standard InChI is InChI=1S/C43H84F3NO8Si/c1-4-5-6-7-8-9-10-11-12-16-19-22-25-35(49)38(50)34(32-54-42-41(53)40(52)39(51)36(31-48)55-42)47-37(43(44,45)46)26-23-20-17-14-13-15-18-21-24-33-27-29-56(2,3)30-28-33/h33-42,47-53H,4-32H2,1-3H3/t34-,35+,36?,37-,38-,39?,40?,41?,42?/m0/s1. The lowest BCUT2D eigenvalue weighted by atomic mass is 9.95. The second kappa shape index (κ2) is 29.0. The SMILES string of the molecule is CCCCCCCCCCCCCC[C@@H](O)[C@@H](O)[C@H](COC1OC(CO)C(O)C(O)C1O)N[C@@H](CCCCCCCCCCC1CC[Si](C)(C)CC1)C(F)(F)F. The van der Waals surface area contributed by atoms with Crippen LogP contribution in [0.2, 0.25) is 25.2 Å². The summed E-state index contributed by atoms with van der Waals surface area (Å²) >= 11 is 0. The number of halogens is 3. The maximum absolute atomic E-state index is 14.4. The molecule has 0 radical (unpaired) electrons. The second-order valence-electron chi connectivity index (χ2n) is 18.1. The molecule has 0 aromatic carbocycles. The molecule has 0 spiro atoms. The molecule has 5 unspecified atom stereocenters. The molecular formula is C43H84F3NO8Si. The van der Waals surface area contributed by atoms with Crippen molar-refractivity contribution in [3.05, 3.63) is 0 Å². The summed E-state index contributed by atoms with van der Waals surface area (Å²) in [7, 11) is -0.907. The lowest BCUT2D eigenvalue weighted by Gasteiger charge is -2.40. The van der Waals surface area contributed by atoms with Gasteiger partial charge in [-0.15, -0.1) is 0 Å². The van der Waals surface area contributed by atoms with Gasteiger partial charge in [0, 0.05) is 8.07 Å². The zero-order valence-electron chi connectivity index (χ0n) is 35.4. The minimum absolute atomic E-state index is 0.202. The summed E-state index contributed by atoms with van der Waals surface area (Å²) in [6, 6.07) is -0.432. The minimum Gasteiger partial charge on any atom is -0.394 e. The van der Waals surface area contributed by atoms with Gasteiger partial charge in [-0.3, -0.25) is 5.32 Å². The summed E-state index contributed by atoms with van der Waals surface area (Å²) in [4.78, 5) is 0. The zero-order chi connectivity index (χ0) is 41.4. The van der Waals surface area contributed by atoms with Crippen LogP contribution < -0.4 is 5.32 Å². The molecule has 13 heteroatoms. The first kappa shape index (κ1) is 51.8. The Morgan fingerprint density at radius 2 is 1.18 bits per heavy atom. The van der Waals surface area contributed by atoms with Crippen LogP contribution in [0, 0.1) is 5.92 Å². The van der Waals surface area contributed by atoms with E-state index in [2.05, 4.69) is 25.3 Å². The van der Waals surface area contributed by atoms with E-state index in [4.69, 9.17) is 9.47 Å². The van der Waals surface area contributed by atoms with Crippen molar-refractivity contribution < 1.29 is 53.3 Å². The van der Waals surface area contributed by atoms with Crippen LogP contribution in [0.25, 0.3) is 0 Å². The molecule has 2 rings (SSSR count). The molecule has 2 aliphatic rings. The van der Waals surface area contributed by atoms with Gasteiger partial charge in [0.1, 0.15) is 30.5 Å². The first-order chi connectivity index (χ1) is 26.7. The lowest BCUT2D eigenvalue weighted by molar-refractivity contribution is -0.303. The van der Waals surface area contributed by atoms with Crippen molar-refractivity contribution in [3.8, 4) is 0 Å². The zero-order valence-corrected chi connectivity index (χ0v) is 36.4. The first-order valence-corrected chi connectivity index (χ1v) is 26.2. The third-order valence-corrected chi connectivity index (χ3v) is 15.9. The average Bonchev–Trinajstić information content (AvgIpc) is 3.16. The highest BCUT2D eigenvalue weighted by atomic mass is 28.3. The largest absolute Gasteiger partial charge is 0.403 e. The summed E-state index contributed by atoms with van der Waals surface area (Å²) in [5.74, 6) is 0.896. The van der Waals surface area contributed by atoms with Gasteiger partial charge in [0.25, 0.3) is 0 Å². The predicted molar refractivity (Wildman–Crippen MR) is 220 cm³/mol. The monoisotopic (exact) mass is 828 g/mol. The van der Waals surface area contributed by atoms with E-state index in [1.165, 1.54) is 89.1 Å². The molecule has 2 saturated heterocycles. The van der Waals surface area contributed by atoms with Crippen molar-refractivity contribution in [2.75, 3.05) is 13.2 Å². The topological polar surface area (TPSA) is 152 Å². The number of aliphatic hydroxyl groups excluding tert-OH is 6. The highest BCUT2D eigenvalue weighted by molar-refractivity contribution is 6.77. The number of hydrogen-bond acceptors (Lipinski definition) is 9. The first-order valence-electron chi connectivity index (χ1n) is 22.8. The Kier molecular flexibility index (Phi) is 26.8. The third-order valence-electron chi connectivity index (χ3n) is 12.6. The normalized spacial score (nSPS) is 25.6. The molecule has 7 N–H and O–H groups in total. The van der Waals surface area contributed by atoms with Crippen molar-refractivity contribution in [3.63, 3.8) is 0 Å². The Hall–Kier alpha value is -0.353. The quantitative estimate of drug-likeness (QED) is 0.0262. The summed E-state index contributed by atoms with van der Waals surface area (Å²) in [5, 5.41) is 64.9.